The minimum atomic E-state index is 0.510. The molecule has 70 valence electrons. The molecule has 0 heterocycles. The van der Waals surface area contributed by atoms with E-state index in [2.05, 4.69) is 26.8 Å². The van der Waals surface area contributed by atoms with Crippen molar-refractivity contribution >= 4 is 6.29 Å². The Bertz CT molecular complexity index is 141. The summed E-state index contributed by atoms with van der Waals surface area (Å²) < 4.78 is 0. The average Bonchev–Trinajstić information content (AvgIpc) is 2.07. The SMILES string of the molecule is CCC(=CCC(C)CC=O)CC. The number of allylic oxidation sites excluding steroid dienone is 2. The molecule has 0 saturated carbocycles. The van der Waals surface area contributed by atoms with Crippen molar-refractivity contribution in [2.75, 3.05) is 0 Å². The standard InChI is InChI=1S/C11H20O/c1-4-11(5-2)7-6-10(3)8-9-12/h7,9-10H,4-6,8H2,1-3H3. The Labute approximate surface area is 75.9 Å². The first-order valence-corrected chi connectivity index (χ1v) is 4.86. The molecule has 0 radical (unpaired) electrons. The Hall–Kier alpha value is -0.590. The van der Waals surface area contributed by atoms with Crippen molar-refractivity contribution in [1.29, 1.82) is 0 Å². The molecule has 0 amide bonds. The number of carbonyl (C=O) groups excluding carboxylic acids is 1. The van der Waals surface area contributed by atoms with Crippen LogP contribution in [0.4, 0.5) is 0 Å². The van der Waals surface area contributed by atoms with Crippen molar-refractivity contribution in [3.8, 4) is 0 Å². The van der Waals surface area contributed by atoms with Gasteiger partial charge in [-0.2, -0.15) is 0 Å². The van der Waals surface area contributed by atoms with Gasteiger partial charge in [0.15, 0.2) is 0 Å². The quantitative estimate of drug-likeness (QED) is 0.439. The van der Waals surface area contributed by atoms with Gasteiger partial charge in [-0.3, -0.25) is 0 Å². The average molecular weight is 168 g/mol. The van der Waals surface area contributed by atoms with Crippen molar-refractivity contribution in [3.05, 3.63) is 11.6 Å². The highest BCUT2D eigenvalue weighted by Crippen LogP contribution is 2.12. The van der Waals surface area contributed by atoms with E-state index in [4.69, 9.17) is 0 Å². The van der Waals surface area contributed by atoms with Crippen LogP contribution in [-0.4, -0.2) is 6.29 Å². The van der Waals surface area contributed by atoms with Crippen molar-refractivity contribution in [1.82, 2.24) is 0 Å². The van der Waals surface area contributed by atoms with E-state index in [0.717, 1.165) is 25.5 Å². The summed E-state index contributed by atoms with van der Waals surface area (Å²) in [5, 5.41) is 0. The lowest BCUT2D eigenvalue weighted by Gasteiger charge is -2.05. The van der Waals surface area contributed by atoms with E-state index in [0.29, 0.717) is 12.3 Å². The van der Waals surface area contributed by atoms with Crippen LogP contribution in [-0.2, 0) is 4.79 Å². The molecular formula is C11H20O. The largest absolute Gasteiger partial charge is 0.303 e. The molecule has 0 spiro atoms. The molecule has 0 aliphatic rings. The molecule has 0 rings (SSSR count). The zero-order valence-electron chi connectivity index (χ0n) is 8.47. The summed E-state index contributed by atoms with van der Waals surface area (Å²) in [5.74, 6) is 0.510. The Balaban J connectivity index is 3.75. The molecule has 0 aromatic rings. The highest BCUT2D eigenvalue weighted by molar-refractivity contribution is 5.49. The highest BCUT2D eigenvalue weighted by atomic mass is 16.1. The summed E-state index contributed by atoms with van der Waals surface area (Å²) in [6.07, 6.45) is 7.33. The van der Waals surface area contributed by atoms with Crippen LogP contribution in [0.25, 0.3) is 0 Å². The van der Waals surface area contributed by atoms with Crippen LogP contribution < -0.4 is 0 Å². The lowest BCUT2D eigenvalue weighted by atomic mass is 10.0. The van der Waals surface area contributed by atoms with Gasteiger partial charge in [-0.15, -0.1) is 0 Å². The van der Waals surface area contributed by atoms with Gasteiger partial charge in [0.05, 0.1) is 0 Å². The highest BCUT2D eigenvalue weighted by Gasteiger charge is 1.98. The molecule has 1 atom stereocenters. The number of rotatable bonds is 6. The fourth-order valence-corrected chi connectivity index (χ4v) is 1.17. The third-order valence-corrected chi connectivity index (χ3v) is 2.22. The van der Waals surface area contributed by atoms with Gasteiger partial charge in [-0.05, 0) is 25.2 Å². The van der Waals surface area contributed by atoms with E-state index in [1.165, 1.54) is 5.57 Å². The van der Waals surface area contributed by atoms with Gasteiger partial charge in [0, 0.05) is 6.42 Å². The molecule has 1 unspecified atom stereocenters. The van der Waals surface area contributed by atoms with Gasteiger partial charge in [0.2, 0.25) is 0 Å². The van der Waals surface area contributed by atoms with E-state index in [-0.39, 0.29) is 0 Å². The van der Waals surface area contributed by atoms with Crippen LogP contribution in [0.15, 0.2) is 11.6 Å². The van der Waals surface area contributed by atoms with Crippen LogP contribution in [0.5, 0.6) is 0 Å². The lowest BCUT2D eigenvalue weighted by Crippen LogP contribution is -1.93. The molecule has 0 N–H and O–H groups in total. The van der Waals surface area contributed by atoms with Gasteiger partial charge in [-0.1, -0.05) is 32.4 Å². The van der Waals surface area contributed by atoms with Crippen LogP contribution in [0.3, 0.4) is 0 Å². The van der Waals surface area contributed by atoms with Crippen LogP contribution in [0.1, 0.15) is 46.5 Å². The molecule has 1 heteroatoms. The third kappa shape index (κ3) is 5.11. The van der Waals surface area contributed by atoms with Gasteiger partial charge in [0.25, 0.3) is 0 Å². The predicted octanol–water partition coefficient (Wildman–Crippen LogP) is 3.35. The molecule has 0 aliphatic heterocycles. The third-order valence-electron chi connectivity index (χ3n) is 2.22. The minimum absolute atomic E-state index is 0.510. The predicted molar refractivity (Wildman–Crippen MR) is 53.1 cm³/mol. The maximum Gasteiger partial charge on any atom is 0.120 e. The first-order chi connectivity index (χ1) is 5.74. The van der Waals surface area contributed by atoms with E-state index < -0.39 is 0 Å². The van der Waals surface area contributed by atoms with Crippen molar-refractivity contribution in [3.63, 3.8) is 0 Å². The van der Waals surface area contributed by atoms with E-state index in [1.807, 2.05) is 0 Å². The van der Waals surface area contributed by atoms with Crippen molar-refractivity contribution < 1.29 is 4.79 Å². The monoisotopic (exact) mass is 168 g/mol. The van der Waals surface area contributed by atoms with Crippen LogP contribution in [0, 0.1) is 5.92 Å². The number of aldehydes is 1. The topological polar surface area (TPSA) is 17.1 Å². The normalized spacial score (nSPS) is 12.2. The van der Waals surface area contributed by atoms with E-state index in [9.17, 15) is 4.79 Å². The number of hydrogen-bond donors (Lipinski definition) is 0. The van der Waals surface area contributed by atoms with Gasteiger partial charge < -0.3 is 4.79 Å². The molecule has 0 aliphatic carbocycles. The van der Waals surface area contributed by atoms with E-state index in [1.54, 1.807) is 0 Å². The van der Waals surface area contributed by atoms with Crippen LogP contribution in [0.2, 0.25) is 0 Å². The second-order valence-electron chi connectivity index (χ2n) is 3.31. The first kappa shape index (κ1) is 11.4. The summed E-state index contributed by atoms with van der Waals surface area (Å²) in [6.45, 7) is 6.48. The summed E-state index contributed by atoms with van der Waals surface area (Å²) in [4.78, 5) is 10.2. The fraction of sp³-hybridized carbons (Fsp3) is 0.727. The van der Waals surface area contributed by atoms with E-state index >= 15 is 0 Å². The molecular weight excluding hydrogens is 148 g/mol. The summed E-state index contributed by atoms with van der Waals surface area (Å²) in [6, 6.07) is 0. The molecule has 0 aromatic heterocycles. The number of carbonyl (C=O) groups is 1. The van der Waals surface area contributed by atoms with Gasteiger partial charge >= 0.3 is 0 Å². The lowest BCUT2D eigenvalue weighted by molar-refractivity contribution is -0.108. The smallest absolute Gasteiger partial charge is 0.120 e. The Morgan fingerprint density at radius 3 is 2.25 bits per heavy atom. The van der Waals surface area contributed by atoms with Crippen molar-refractivity contribution in [2.45, 2.75) is 46.5 Å². The molecule has 12 heavy (non-hydrogen) atoms. The molecule has 0 aromatic carbocycles. The Morgan fingerprint density at radius 2 is 1.83 bits per heavy atom. The second kappa shape index (κ2) is 7.08. The van der Waals surface area contributed by atoms with Crippen LogP contribution >= 0.6 is 0 Å². The molecule has 0 saturated heterocycles. The molecule has 0 bridgehead atoms. The van der Waals surface area contributed by atoms with Gasteiger partial charge in [0.1, 0.15) is 6.29 Å². The Morgan fingerprint density at radius 1 is 1.25 bits per heavy atom. The Kier molecular flexibility index (Phi) is 6.73. The fourth-order valence-electron chi connectivity index (χ4n) is 1.17. The zero-order valence-corrected chi connectivity index (χ0v) is 8.47. The first-order valence-electron chi connectivity index (χ1n) is 4.86. The van der Waals surface area contributed by atoms with Crippen molar-refractivity contribution in [2.24, 2.45) is 5.92 Å². The minimum Gasteiger partial charge on any atom is -0.303 e. The molecule has 0 fully saturated rings. The summed E-state index contributed by atoms with van der Waals surface area (Å²) in [5.41, 5.74) is 1.51. The maximum atomic E-state index is 10.2. The number of hydrogen-bond acceptors (Lipinski definition) is 1. The summed E-state index contributed by atoms with van der Waals surface area (Å²) >= 11 is 0. The summed E-state index contributed by atoms with van der Waals surface area (Å²) in [7, 11) is 0. The zero-order chi connectivity index (χ0) is 9.40. The second-order valence-corrected chi connectivity index (χ2v) is 3.31. The van der Waals surface area contributed by atoms with Gasteiger partial charge in [-0.25, -0.2) is 0 Å². The maximum absolute atomic E-state index is 10.2. The molecule has 1 nitrogen and oxygen atoms in total.